The highest BCUT2D eigenvalue weighted by Gasteiger charge is 2.57. The highest BCUT2D eigenvalue weighted by Crippen LogP contribution is 2.57. The maximum Gasteiger partial charge on any atom is 0.247 e. The number of benzene rings is 3. The van der Waals surface area contributed by atoms with Gasteiger partial charge in [-0.05, 0) is 77.1 Å². The lowest BCUT2D eigenvalue weighted by molar-refractivity contribution is -0.140. The molecule has 1 fully saturated rings. The van der Waals surface area contributed by atoms with Gasteiger partial charge >= 0.3 is 0 Å². The number of amides is 2. The number of fused-ring (bicyclic) bond motifs is 3. The van der Waals surface area contributed by atoms with Gasteiger partial charge in [0.15, 0.2) is 5.78 Å². The minimum atomic E-state index is -0.847. The van der Waals surface area contributed by atoms with Crippen LogP contribution in [-0.4, -0.2) is 23.6 Å². The Hall–Kier alpha value is -3.80. The molecule has 1 saturated carbocycles. The average Bonchev–Trinajstić information content (AvgIpc) is 2.95. The number of nitrogens with one attached hydrogen (secondary N) is 2. The lowest BCUT2D eigenvalue weighted by atomic mass is 9.49. The van der Waals surface area contributed by atoms with Crippen LogP contribution in [-0.2, 0) is 21.4 Å². The van der Waals surface area contributed by atoms with Crippen molar-refractivity contribution in [1.82, 2.24) is 5.32 Å². The summed E-state index contributed by atoms with van der Waals surface area (Å²) in [5.41, 5.74) is 3.18. The Labute approximate surface area is 241 Å². The first kappa shape index (κ1) is 28.7. The first-order chi connectivity index (χ1) is 19.5. The van der Waals surface area contributed by atoms with Crippen molar-refractivity contribution in [2.45, 2.75) is 77.2 Å². The van der Waals surface area contributed by atoms with Gasteiger partial charge < -0.3 is 10.6 Å². The molecule has 0 radical (unpaired) electrons. The van der Waals surface area contributed by atoms with E-state index in [-0.39, 0.29) is 28.9 Å². The Morgan fingerprint density at radius 3 is 2.37 bits per heavy atom. The van der Waals surface area contributed by atoms with Crippen LogP contribution in [0.5, 0.6) is 0 Å². The van der Waals surface area contributed by atoms with E-state index in [0.29, 0.717) is 30.9 Å². The molecule has 2 amide bonds. The molecular formula is C35H39FN2O3. The summed E-state index contributed by atoms with van der Waals surface area (Å²) >= 11 is 0. The Morgan fingerprint density at radius 1 is 0.976 bits per heavy atom. The molecule has 5 nitrogen and oxygen atoms in total. The van der Waals surface area contributed by atoms with Crippen molar-refractivity contribution in [3.05, 3.63) is 101 Å². The molecule has 2 aliphatic carbocycles. The van der Waals surface area contributed by atoms with Crippen LogP contribution in [0.3, 0.4) is 0 Å². The molecule has 0 aromatic heterocycles. The fourth-order valence-electron chi connectivity index (χ4n) is 7.01. The maximum absolute atomic E-state index is 14.2. The van der Waals surface area contributed by atoms with Crippen LogP contribution in [0.1, 0.15) is 86.3 Å². The molecule has 3 aromatic rings. The van der Waals surface area contributed by atoms with E-state index in [1.54, 1.807) is 0 Å². The van der Waals surface area contributed by atoms with E-state index in [1.807, 2.05) is 43.3 Å². The van der Waals surface area contributed by atoms with Gasteiger partial charge in [-0.1, -0.05) is 76.6 Å². The molecule has 0 spiro atoms. The molecule has 3 aromatic carbocycles. The number of hydrogen-bond donors (Lipinski definition) is 2. The van der Waals surface area contributed by atoms with Crippen LogP contribution in [0.25, 0.3) is 0 Å². The molecule has 0 saturated heterocycles. The summed E-state index contributed by atoms with van der Waals surface area (Å²) in [5.74, 6) is -0.758. The largest absolute Gasteiger partial charge is 0.343 e. The number of anilines is 1. The van der Waals surface area contributed by atoms with E-state index < -0.39 is 17.3 Å². The summed E-state index contributed by atoms with van der Waals surface area (Å²) in [5, 5.41) is 5.92. The zero-order valence-electron chi connectivity index (χ0n) is 24.3. The van der Waals surface area contributed by atoms with E-state index in [1.165, 1.54) is 24.3 Å². The van der Waals surface area contributed by atoms with Crippen LogP contribution in [0.4, 0.5) is 10.1 Å². The van der Waals surface area contributed by atoms with Gasteiger partial charge in [-0.3, -0.25) is 14.4 Å². The van der Waals surface area contributed by atoms with Crippen molar-refractivity contribution in [1.29, 1.82) is 0 Å². The average molecular weight is 555 g/mol. The molecule has 0 heterocycles. The van der Waals surface area contributed by atoms with Gasteiger partial charge in [-0.2, -0.15) is 0 Å². The highest BCUT2D eigenvalue weighted by molar-refractivity contribution is 6.01. The van der Waals surface area contributed by atoms with Crippen molar-refractivity contribution in [3.63, 3.8) is 0 Å². The Kier molecular flexibility index (Phi) is 7.87. The van der Waals surface area contributed by atoms with Gasteiger partial charge in [0.05, 0.1) is 5.41 Å². The predicted octanol–water partition coefficient (Wildman–Crippen LogP) is 6.97. The van der Waals surface area contributed by atoms with Crippen molar-refractivity contribution in [2.75, 3.05) is 5.32 Å². The summed E-state index contributed by atoms with van der Waals surface area (Å²) in [4.78, 5) is 41.3. The molecule has 0 unspecified atom stereocenters. The lowest BCUT2D eigenvalue weighted by Crippen LogP contribution is -2.58. The van der Waals surface area contributed by atoms with Gasteiger partial charge in [0.25, 0.3) is 0 Å². The van der Waals surface area contributed by atoms with Gasteiger partial charge in [0.2, 0.25) is 11.8 Å². The monoisotopic (exact) mass is 554 g/mol. The molecular weight excluding hydrogens is 515 g/mol. The molecule has 5 rings (SSSR count). The molecule has 0 bridgehead atoms. The normalized spacial score (nSPS) is 24.2. The molecule has 2 N–H and O–H groups in total. The second-order valence-electron chi connectivity index (χ2n) is 12.5. The third-order valence-corrected chi connectivity index (χ3v) is 9.48. The van der Waals surface area contributed by atoms with Crippen LogP contribution >= 0.6 is 0 Å². The number of Topliss-reactive ketones (excluding diaryl/α,β-unsaturated/α-hetero) is 1. The SMILES string of the molecule is CC(C)c1ccc2c(c1)C(=O)C[C@H]1[C@](C)(C(=O)N[C@H](Cc3ccccc3)C(=O)Nc3ccc(F)cc3)CCC[C@]21C. The van der Waals surface area contributed by atoms with E-state index in [2.05, 4.69) is 43.5 Å². The number of hydrogen-bond acceptors (Lipinski definition) is 3. The van der Waals surface area contributed by atoms with Gasteiger partial charge in [0, 0.05) is 24.1 Å². The third-order valence-electron chi connectivity index (χ3n) is 9.48. The van der Waals surface area contributed by atoms with Gasteiger partial charge in [-0.25, -0.2) is 4.39 Å². The zero-order valence-corrected chi connectivity index (χ0v) is 24.3. The Morgan fingerprint density at radius 2 is 1.68 bits per heavy atom. The van der Waals surface area contributed by atoms with E-state index in [9.17, 15) is 18.8 Å². The topological polar surface area (TPSA) is 75.3 Å². The minimum Gasteiger partial charge on any atom is -0.343 e. The molecule has 6 heteroatoms. The van der Waals surface area contributed by atoms with Crippen molar-refractivity contribution in [2.24, 2.45) is 11.3 Å². The fourth-order valence-corrected chi connectivity index (χ4v) is 7.01. The van der Waals surface area contributed by atoms with Crippen LogP contribution in [0, 0.1) is 17.2 Å². The highest BCUT2D eigenvalue weighted by atomic mass is 19.1. The number of rotatable bonds is 7. The second kappa shape index (κ2) is 11.2. The third kappa shape index (κ3) is 5.57. The van der Waals surface area contributed by atoms with Gasteiger partial charge in [0.1, 0.15) is 11.9 Å². The van der Waals surface area contributed by atoms with E-state index >= 15 is 0 Å². The summed E-state index contributed by atoms with van der Waals surface area (Å²) in [6, 6.07) is 20.5. The van der Waals surface area contributed by atoms with Crippen molar-refractivity contribution >= 4 is 23.3 Å². The van der Waals surface area contributed by atoms with Crippen LogP contribution in [0.15, 0.2) is 72.8 Å². The lowest BCUT2D eigenvalue weighted by Gasteiger charge is -2.54. The van der Waals surface area contributed by atoms with Crippen molar-refractivity contribution < 1.29 is 18.8 Å². The predicted molar refractivity (Wildman–Crippen MR) is 159 cm³/mol. The Balaban J connectivity index is 1.44. The summed E-state index contributed by atoms with van der Waals surface area (Å²) < 4.78 is 13.4. The molecule has 41 heavy (non-hydrogen) atoms. The van der Waals surface area contributed by atoms with Crippen molar-refractivity contribution in [3.8, 4) is 0 Å². The number of carbonyl (C=O) groups excluding carboxylic acids is 3. The number of halogens is 1. The summed E-state index contributed by atoms with van der Waals surface area (Å²) in [7, 11) is 0. The molecule has 214 valence electrons. The van der Waals surface area contributed by atoms with E-state index in [4.69, 9.17) is 0 Å². The minimum absolute atomic E-state index is 0.0841. The molecule has 0 aliphatic heterocycles. The first-order valence-electron chi connectivity index (χ1n) is 14.6. The maximum atomic E-state index is 14.2. The molecule has 2 aliphatic rings. The second-order valence-corrected chi connectivity index (χ2v) is 12.5. The zero-order chi connectivity index (χ0) is 29.4. The quantitative estimate of drug-likeness (QED) is 0.331. The van der Waals surface area contributed by atoms with Crippen LogP contribution < -0.4 is 10.6 Å². The van der Waals surface area contributed by atoms with Gasteiger partial charge in [-0.15, -0.1) is 0 Å². The standard InChI is InChI=1S/C35H39FN2O3/c1-22(2)24-11-16-28-27(20-24)30(39)21-31-34(28,3)17-8-18-35(31,4)33(41)38-29(19-23-9-6-5-7-10-23)32(40)37-26-14-12-25(36)13-15-26/h5-7,9-16,20,22,29,31H,8,17-19,21H2,1-4H3,(H,37,40)(H,38,41)/t29-,31-,34-,35-/m1/s1. The van der Waals surface area contributed by atoms with Crippen LogP contribution in [0.2, 0.25) is 0 Å². The fraction of sp³-hybridized carbons (Fsp3) is 0.400. The summed E-state index contributed by atoms with van der Waals surface area (Å²) in [6.07, 6.45) is 3.00. The molecule has 4 atom stereocenters. The summed E-state index contributed by atoms with van der Waals surface area (Å²) in [6.45, 7) is 8.41. The Bertz CT molecular complexity index is 1450. The van der Waals surface area contributed by atoms with E-state index in [0.717, 1.165) is 35.1 Å². The first-order valence-corrected chi connectivity index (χ1v) is 14.6. The smallest absolute Gasteiger partial charge is 0.247 e. The number of ketones is 1. The number of carbonyl (C=O) groups is 3.